The van der Waals surface area contributed by atoms with Crippen molar-refractivity contribution in [3.05, 3.63) is 11.9 Å². The number of nitrogens with two attached hydrogens (primary N) is 1. The lowest BCUT2D eigenvalue weighted by atomic mass is 10.4. The molecule has 0 radical (unpaired) electrons. The Bertz CT molecular complexity index is 288. The lowest BCUT2D eigenvalue weighted by molar-refractivity contribution is -0.182. The van der Waals surface area contributed by atoms with Crippen LogP contribution in [0.3, 0.4) is 0 Å². The summed E-state index contributed by atoms with van der Waals surface area (Å²) < 4.78 is 40.6. The number of alkyl halides is 3. The first-order valence-corrected chi connectivity index (χ1v) is 3.82. The second-order valence-corrected chi connectivity index (χ2v) is 2.80. The average molecular weight is 209 g/mol. The average Bonchev–Trinajstić information content (AvgIpc) is 2.28. The third-order valence-electron chi connectivity index (χ3n) is 1.47. The molecule has 80 valence electrons. The smallest absolute Gasteiger partial charge is 0.396 e. The summed E-state index contributed by atoms with van der Waals surface area (Å²) in [6, 6.07) is 0. The number of ether oxygens (including phenoxy) is 1. The number of aryl methyl sites for hydroxylation is 1. The van der Waals surface area contributed by atoms with Crippen LogP contribution in [0.2, 0.25) is 0 Å². The molecule has 0 atom stereocenters. The second kappa shape index (κ2) is 3.87. The monoisotopic (exact) mass is 209 g/mol. The molecule has 0 unspecified atom stereocenters. The second-order valence-electron chi connectivity index (χ2n) is 2.80. The highest BCUT2D eigenvalue weighted by Gasteiger charge is 2.27. The molecule has 1 rings (SSSR count). The maximum absolute atomic E-state index is 11.7. The molecule has 0 fully saturated rings. The molecule has 0 spiro atoms. The predicted octanol–water partition coefficient (Wildman–Crippen LogP) is 1.31. The molecule has 4 nitrogen and oxygen atoms in total. The van der Waals surface area contributed by atoms with Crippen LogP contribution in [0.1, 0.15) is 5.69 Å². The van der Waals surface area contributed by atoms with Gasteiger partial charge in [0.1, 0.15) is 13.3 Å². The van der Waals surface area contributed by atoms with Gasteiger partial charge in [0.05, 0.1) is 17.6 Å². The van der Waals surface area contributed by atoms with Crippen molar-refractivity contribution in [1.29, 1.82) is 0 Å². The lowest BCUT2D eigenvalue weighted by Gasteiger charge is -2.06. The molecule has 0 saturated heterocycles. The number of rotatable bonds is 3. The van der Waals surface area contributed by atoms with Crippen LogP contribution in [-0.2, 0) is 11.5 Å². The van der Waals surface area contributed by atoms with Crippen LogP contribution in [0.15, 0.2) is 6.20 Å². The first kappa shape index (κ1) is 10.8. The van der Waals surface area contributed by atoms with E-state index in [1.807, 2.05) is 0 Å². The Labute approximate surface area is 78.4 Å². The van der Waals surface area contributed by atoms with E-state index in [4.69, 9.17) is 5.73 Å². The van der Waals surface area contributed by atoms with Crippen molar-refractivity contribution < 1.29 is 17.9 Å². The number of nitrogens with zero attached hydrogens (tertiary/aromatic N) is 2. The maximum atomic E-state index is 11.7. The van der Waals surface area contributed by atoms with Crippen molar-refractivity contribution in [3.8, 4) is 0 Å². The molecule has 1 aromatic rings. The van der Waals surface area contributed by atoms with E-state index in [-0.39, 0.29) is 6.73 Å². The van der Waals surface area contributed by atoms with Crippen molar-refractivity contribution in [3.63, 3.8) is 0 Å². The molecule has 7 heteroatoms. The molecule has 0 amide bonds. The van der Waals surface area contributed by atoms with Crippen LogP contribution < -0.4 is 5.73 Å². The molecule has 14 heavy (non-hydrogen) atoms. The van der Waals surface area contributed by atoms with Crippen LogP contribution in [-0.4, -0.2) is 22.6 Å². The number of hydrogen-bond acceptors (Lipinski definition) is 3. The highest BCUT2D eigenvalue weighted by molar-refractivity contribution is 5.39. The number of aromatic nitrogens is 2. The molecule has 1 heterocycles. The molecule has 1 aromatic heterocycles. The minimum absolute atomic E-state index is 0.252. The Balaban J connectivity index is 2.39. The maximum Gasteiger partial charge on any atom is 0.411 e. The zero-order valence-corrected chi connectivity index (χ0v) is 7.51. The fraction of sp³-hybridized carbons (Fsp3) is 0.571. The molecule has 0 saturated carbocycles. The molecular weight excluding hydrogens is 199 g/mol. The van der Waals surface area contributed by atoms with Crippen LogP contribution in [0.25, 0.3) is 0 Å². The molecular formula is C7H10F3N3O. The summed E-state index contributed by atoms with van der Waals surface area (Å²) in [6.45, 7) is 0.124. The van der Waals surface area contributed by atoms with Gasteiger partial charge in [0.15, 0.2) is 0 Å². The lowest BCUT2D eigenvalue weighted by Crippen LogP contribution is -2.18. The minimum Gasteiger partial charge on any atom is -0.396 e. The SMILES string of the molecule is Cc1nn(COCC(F)(F)F)cc1N. The van der Waals surface area contributed by atoms with E-state index in [0.717, 1.165) is 0 Å². The van der Waals surface area contributed by atoms with Gasteiger partial charge in [0.25, 0.3) is 0 Å². The van der Waals surface area contributed by atoms with Crippen LogP contribution in [0, 0.1) is 6.92 Å². The van der Waals surface area contributed by atoms with E-state index >= 15 is 0 Å². The van der Waals surface area contributed by atoms with Crippen molar-refractivity contribution in [2.75, 3.05) is 12.3 Å². The summed E-state index contributed by atoms with van der Waals surface area (Å²) in [5.74, 6) is 0. The Hall–Kier alpha value is -1.24. The molecule has 0 aromatic carbocycles. The topological polar surface area (TPSA) is 53.1 Å². The van der Waals surface area contributed by atoms with Gasteiger partial charge in [0.2, 0.25) is 0 Å². The van der Waals surface area contributed by atoms with E-state index in [2.05, 4.69) is 9.84 Å². The number of anilines is 1. The Morgan fingerprint density at radius 3 is 2.64 bits per heavy atom. The standard InChI is InChI=1S/C7H10F3N3O/c1-5-6(11)2-13(12-5)4-14-3-7(8,9)10/h2H,3-4,11H2,1H3. The molecule has 0 bridgehead atoms. The van der Waals surface area contributed by atoms with Crippen molar-refractivity contribution in [2.24, 2.45) is 0 Å². The Morgan fingerprint density at radius 2 is 2.21 bits per heavy atom. The number of nitrogen functional groups attached to an aromatic ring is 1. The van der Waals surface area contributed by atoms with Crippen molar-refractivity contribution in [1.82, 2.24) is 9.78 Å². The third-order valence-corrected chi connectivity index (χ3v) is 1.47. The van der Waals surface area contributed by atoms with Gasteiger partial charge >= 0.3 is 6.18 Å². The minimum atomic E-state index is -4.31. The van der Waals surface area contributed by atoms with E-state index in [9.17, 15) is 13.2 Å². The first-order chi connectivity index (χ1) is 6.38. The third kappa shape index (κ3) is 3.25. The van der Waals surface area contributed by atoms with E-state index in [1.165, 1.54) is 10.9 Å². The van der Waals surface area contributed by atoms with Gasteiger partial charge in [-0.05, 0) is 6.92 Å². The van der Waals surface area contributed by atoms with Gasteiger partial charge in [-0.15, -0.1) is 0 Å². The fourth-order valence-electron chi connectivity index (χ4n) is 0.854. The summed E-state index contributed by atoms with van der Waals surface area (Å²) in [5, 5.41) is 3.83. The summed E-state index contributed by atoms with van der Waals surface area (Å²) in [5.41, 5.74) is 6.44. The summed E-state index contributed by atoms with van der Waals surface area (Å²) >= 11 is 0. The molecule has 0 aliphatic heterocycles. The van der Waals surface area contributed by atoms with Gasteiger partial charge in [-0.25, -0.2) is 4.68 Å². The zero-order valence-electron chi connectivity index (χ0n) is 7.51. The van der Waals surface area contributed by atoms with Gasteiger partial charge < -0.3 is 10.5 Å². The number of halogens is 3. The fourth-order valence-corrected chi connectivity index (χ4v) is 0.854. The normalized spacial score (nSPS) is 12.0. The summed E-state index contributed by atoms with van der Waals surface area (Å²) in [7, 11) is 0. The van der Waals surface area contributed by atoms with Gasteiger partial charge in [-0.2, -0.15) is 18.3 Å². The number of hydrogen-bond donors (Lipinski definition) is 1. The summed E-state index contributed by atoms with van der Waals surface area (Å²) in [6.07, 6.45) is -2.89. The van der Waals surface area contributed by atoms with E-state index < -0.39 is 12.8 Å². The zero-order chi connectivity index (χ0) is 10.8. The quantitative estimate of drug-likeness (QED) is 0.816. The Morgan fingerprint density at radius 1 is 1.57 bits per heavy atom. The first-order valence-electron chi connectivity index (χ1n) is 3.82. The van der Waals surface area contributed by atoms with Crippen LogP contribution >= 0.6 is 0 Å². The van der Waals surface area contributed by atoms with Gasteiger partial charge in [0, 0.05) is 0 Å². The van der Waals surface area contributed by atoms with Crippen LogP contribution in [0.4, 0.5) is 18.9 Å². The van der Waals surface area contributed by atoms with E-state index in [1.54, 1.807) is 6.92 Å². The van der Waals surface area contributed by atoms with Gasteiger partial charge in [-0.1, -0.05) is 0 Å². The molecule has 0 aliphatic carbocycles. The van der Waals surface area contributed by atoms with Crippen molar-refractivity contribution >= 4 is 5.69 Å². The summed E-state index contributed by atoms with van der Waals surface area (Å²) in [4.78, 5) is 0. The predicted molar refractivity (Wildman–Crippen MR) is 43.4 cm³/mol. The molecule has 0 aliphatic rings. The highest BCUT2D eigenvalue weighted by atomic mass is 19.4. The largest absolute Gasteiger partial charge is 0.411 e. The molecule has 2 N–H and O–H groups in total. The van der Waals surface area contributed by atoms with E-state index in [0.29, 0.717) is 11.4 Å². The van der Waals surface area contributed by atoms with Crippen molar-refractivity contribution in [2.45, 2.75) is 19.8 Å². The van der Waals surface area contributed by atoms with Crippen LogP contribution in [0.5, 0.6) is 0 Å². The Kier molecular flexibility index (Phi) is 3.00. The highest BCUT2D eigenvalue weighted by Crippen LogP contribution is 2.15. The van der Waals surface area contributed by atoms with Gasteiger partial charge in [-0.3, -0.25) is 0 Å².